The summed E-state index contributed by atoms with van der Waals surface area (Å²) in [6.07, 6.45) is 7.38. The van der Waals surface area contributed by atoms with Crippen molar-refractivity contribution in [2.24, 2.45) is 11.5 Å². The maximum absolute atomic E-state index is 5.98. The van der Waals surface area contributed by atoms with Crippen molar-refractivity contribution in [3.05, 3.63) is 42.4 Å². The third-order valence-electron chi connectivity index (χ3n) is 2.29. The molecule has 3 heteroatoms. The normalized spacial score (nSPS) is 31.6. The van der Waals surface area contributed by atoms with Crippen molar-refractivity contribution < 1.29 is 4.42 Å². The molecule has 0 aliphatic heterocycles. The van der Waals surface area contributed by atoms with Crippen molar-refractivity contribution in [1.82, 2.24) is 0 Å². The van der Waals surface area contributed by atoms with Crippen molar-refractivity contribution >= 4 is 5.57 Å². The molecular weight excluding hydrogens is 176 g/mol. The van der Waals surface area contributed by atoms with Crippen LogP contribution in [0.15, 0.2) is 41.0 Å². The highest BCUT2D eigenvalue weighted by atomic mass is 16.3. The Morgan fingerprint density at radius 3 is 2.93 bits per heavy atom. The molecule has 3 nitrogen and oxygen atoms in total. The van der Waals surface area contributed by atoms with Crippen LogP contribution in [-0.4, -0.2) is 11.6 Å². The first kappa shape index (κ1) is 9.24. The van der Waals surface area contributed by atoms with E-state index in [0.717, 1.165) is 11.3 Å². The van der Waals surface area contributed by atoms with E-state index in [1.54, 1.807) is 6.26 Å². The monoisotopic (exact) mass is 190 g/mol. The summed E-state index contributed by atoms with van der Waals surface area (Å²) in [5, 5.41) is 0. The van der Waals surface area contributed by atoms with Crippen molar-refractivity contribution in [2.45, 2.75) is 18.5 Å². The van der Waals surface area contributed by atoms with E-state index in [9.17, 15) is 0 Å². The average Bonchev–Trinajstić information content (AvgIpc) is 2.62. The molecule has 1 aromatic heterocycles. The third-order valence-corrected chi connectivity index (χ3v) is 2.29. The van der Waals surface area contributed by atoms with Gasteiger partial charge in [-0.05, 0) is 19.1 Å². The smallest absolute Gasteiger partial charge is 0.131 e. The molecule has 0 saturated heterocycles. The maximum atomic E-state index is 5.98. The molecule has 2 atom stereocenters. The van der Waals surface area contributed by atoms with Gasteiger partial charge in [-0.25, -0.2) is 0 Å². The number of nitrogens with two attached hydrogens (primary N) is 2. The lowest BCUT2D eigenvalue weighted by Gasteiger charge is -2.24. The number of furan rings is 1. The van der Waals surface area contributed by atoms with Crippen molar-refractivity contribution in [2.75, 3.05) is 0 Å². The predicted molar refractivity (Wildman–Crippen MR) is 56.4 cm³/mol. The second-order valence-corrected chi connectivity index (χ2v) is 3.83. The maximum Gasteiger partial charge on any atom is 0.131 e. The fourth-order valence-electron chi connectivity index (χ4n) is 1.57. The minimum absolute atomic E-state index is 0.127. The van der Waals surface area contributed by atoms with Gasteiger partial charge in [0.15, 0.2) is 0 Å². The molecule has 0 fully saturated rings. The van der Waals surface area contributed by atoms with Gasteiger partial charge in [0.05, 0.1) is 17.8 Å². The van der Waals surface area contributed by atoms with Gasteiger partial charge < -0.3 is 15.9 Å². The van der Waals surface area contributed by atoms with Gasteiger partial charge >= 0.3 is 0 Å². The lowest BCUT2D eigenvalue weighted by Crippen LogP contribution is -2.37. The Kier molecular flexibility index (Phi) is 2.06. The summed E-state index contributed by atoms with van der Waals surface area (Å²) in [6.45, 7) is 1.93. The molecule has 1 heterocycles. The first-order valence-corrected chi connectivity index (χ1v) is 4.59. The molecule has 0 saturated carbocycles. The minimum Gasteiger partial charge on any atom is -0.465 e. The summed E-state index contributed by atoms with van der Waals surface area (Å²) in [4.78, 5) is 0. The van der Waals surface area contributed by atoms with Crippen LogP contribution in [0.2, 0.25) is 0 Å². The Hall–Kier alpha value is -1.32. The van der Waals surface area contributed by atoms with Crippen LogP contribution in [0.3, 0.4) is 0 Å². The van der Waals surface area contributed by atoms with Crippen molar-refractivity contribution in [3.8, 4) is 0 Å². The summed E-state index contributed by atoms with van der Waals surface area (Å²) in [6, 6.07) is 3.61. The predicted octanol–water partition coefficient (Wildman–Crippen LogP) is 1.28. The molecule has 0 amide bonds. The Morgan fingerprint density at radius 1 is 1.50 bits per heavy atom. The van der Waals surface area contributed by atoms with Gasteiger partial charge in [-0.3, -0.25) is 0 Å². The summed E-state index contributed by atoms with van der Waals surface area (Å²) in [5.41, 5.74) is 12.4. The van der Waals surface area contributed by atoms with Crippen LogP contribution in [-0.2, 0) is 0 Å². The second kappa shape index (κ2) is 3.12. The molecule has 1 aliphatic carbocycles. The van der Waals surface area contributed by atoms with E-state index in [2.05, 4.69) is 0 Å². The zero-order valence-corrected chi connectivity index (χ0v) is 8.10. The average molecular weight is 190 g/mol. The van der Waals surface area contributed by atoms with Crippen LogP contribution < -0.4 is 11.5 Å². The van der Waals surface area contributed by atoms with E-state index in [1.165, 1.54) is 0 Å². The summed E-state index contributed by atoms with van der Waals surface area (Å²) >= 11 is 0. The molecule has 14 heavy (non-hydrogen) atoms. The van der Waals surface area contributed by atoms with Gasteiger partial charge in [0.25, 0.3) is 0 Å². The lowest BCUT2D eigenvalue weighted by molar-refractivity contribution is 0.547. The Morgan fingerprint density at radius 2 is 2.29 bits per heavy atom. The molecule has 0 radical (unpaired) electrons. The first-order valence-electron chi connectivity index (χ1n) is 4.59. The van der Waals surface area contributed by atoms with E-state index >= 15 is 0 Å². The zero-order valence-electron chi connectivity index (χ0n) is 8.10. The van der Waals surface area contributed by atoms with Crippen LogP contribution >= 0.6 is 0 Å². The second-order valence-electron chi connectivity index (χ2n) is 3.83. The van der Waals surface area contributed by atoms with Crippen LogP contribution in [0, 0.1) is 0 Å². The number of rotatable bonds is 1. The third kappa shape index (κ3) is 1.64. The minimum atomic E-state index is -0.433. The van der Waals surface area contributed by atoms with E-state index in [-0.39, 0.29) is 6.04 Å². The topological polar surface area (TPSA) is 65.2 Å². The summed E-state index contributed by atoms with van der Waals surface area (Å²) < 4.78 is 5.30. The number of hydrogen-bond acceptors (Lipinski definition) is 3. The fourth-order valence-corrected chi connectivity index (χ4v) is 1.57. The Bertz CT molecular complexity index is 374. The van der Waals surface area contributed by atoms with Gasteiger partial charge in [0.2, 0.25) is 0 Å². The molecule has 0 bridgehead atoms. The molecule has 1 aliphatic rings. The highest BCUT2D eigenvalue weighted by Gasteiger charge is 2.22. The molecular formula is C11H14N2O. The van der Waals surface area contributed by atoms with Crippen molar-refractivity contribution in [3.63, 3.8) is 0 Å². The van der Waals surface area contributed by atoms with Crippen LogP contribution in [0.1, 0.15) is 12.7 Å². The lowest BCUT2D eigenvalue weighted by atomic mass is 9.89. The van der Waals surface area contributed by atoms with Crippen molar-refractivity contribution in [1.29, 1.82) is 0 Å². The molecule has 0 aromatic carbocycles. The highest BCUT2D eigenvalue weighted by molar-refractivity contribution is 5.71. The zero-order chi connectivity index (χ0) is 10.2. The SMILES string of the molecule is CC1(N)C=CC(N)C(c2ccco2)=C1. The molecule has 0 spiro atoms. The van der Waals surface area contributed by atoms with Gasteiger partial charge in [-0.15, -0.1) is 0 Å². The molecule has 1 aromatic rings. The van der Waals surface area contributed by atoms with Crippen LogP contribution in [0.5, 0.6) is 0 Å². The van der Waals surface area contributed by atoms with Crippen LogP contribution in [0.4, 0.5) is 0 Å². The Balaban J connectivity index is 2.39. The van der Waals surface area contributed by atoms with Gasteiger partial charge in [0.1, 0.15) is 5.76 Å². The van der Waals surface area contributed by atoms with Gasteiger partial charge in [-0.2, -0.15) is 0 Å². The van der Waals surface area contributed by atoms with E-state index in [0.29, 0.717) is 0 Å². The Labute approximate surface area is 83.1 Å². The molecule has 2 rings (SSSR count). The quantitative estimate of drug-likeness (QED) is 0.655. The highest BCUT2D eigenvalue weighted by Crippen LogP contribution is 2.25. The molecule has 4 N–H and O–H groups in total. The molecule has 2 unspecified atom stereocenters. The van der Waals surface area contributed by atoms with E-state index in [4.69, 9.17) is 15.9 Å². The number of hydrogen-bond donors (Lipinski definition) is 2. The fraction of sp³-hybridized carbons (Fsp3) is 0.273. The van der Waals surface area contributed by atoms with Gasteiger partial charge in [0, 0.05) is 5.57 Å². The summed E-state index contributed by atoms with van der Waals surface area (Å²) in [5.74, 6) is 0.790. The molecule has 74 valence electrons. The summed E-state index contributed by atoms with van der Waals surface area (Å²) in [7, 11) is 0. The van der Waals surface area contributed by atoms with Crippen LogP contribution in [0.25, 0.3) is 5.57 Å². The van der Waals surface area contributed by atoms with E-state index in [1.807, 2.05) is 37.3 Å². The largest absolute Gasteiger partial charge is 0.465 e. The first-order chi connectivity index (χ1) is 6.58. The van der Waals surface area contributed by atoms with E-state index < -0.39 is 5.54 Å². The standard InChI is InChI=1S/C11H14N2O/c1-11(13)5-4-9(12)8(7-11)10-3-2-6-14-10/h2-7,9H,12-13H2,1H3. The van der Waals surface area contributed by atoms with Gasteiger partial charge in [-0.1, -0.05) is 18.2 Å².